The Balaban J connectivity index is 2.57. The van der Waals surface area contributed by atoms with Crippen LogP contribution >= 0.6 is 15.9 Å². The molecule has 0 amide bonds. The molecule has 90 valence electrons. The highest BCUT2D eigenvalue weighted by Crippen LogP contribution is 1.95. The molecule has 0 saturated carbocycles. The zero-order valence-corrected chi connectivity index (χ0v) is 10.4. The zero-order chi connectivity index (χ0) is 12.0. The minimum Gasteiger partial charge on any atom is -0.382 e. The summed E-state index contributed by atoms with van der Waals surface area (Å²) in [5, 5.41) is 0. The molecule has 1 rings (SSSR count). The van der Waals surface area contributed by atoms with Crippen molar-refractivity contribution < 1.29 is 9.47 Å². The van der Waals surface area contributed by atoms with Crippen LogP contribution in [0.25, 0.3) is 0 Å². The van der Waals surface area contributed by atoms with E-state index in [1.54, 1.807) is 7.11 Å². The van der Waals surface area contributed by atoms with E-state index in [0.29, 0.717) is 24.3 Å². The molecular formula is C9H13BrN2O4. The van der Waals surface area contributed by atoms with Gasteiger partial charge in [0.15, 0.2) is 0 Å². The Bertz CT molecular complexity index is 440. The summed E-state index contributed by atoms with van der Waals surface area (Å²) in [6.45, 7) is 1.45. The van der Waals surface area contributed by atoms with Gasteiger partial charge in [-0.25, -0.2) is 4.79 Å². The monoisotopic (exact) mass is 292 g/mol. The van der Waals surface area contributed by atoms with Gasteiger partial charge in [0, 0.05) is 13.3 Å². The third-order valence-corrected chi connectivity index (χ3v) is 2.48. The van der Waals surface area contributed by atoms with Gasteiger partial charge < -0.3 is 14.5 Å². The lowest BCUT2D eigenvalue weighted by atomic mass is 10.6. The number of methoxy groups -OCH3 is 1. The molecule has 16 heavy (non-hydrogen) atoms. The average Bonchev–Trinajstić information content (AvgIpc) is 2.28. The Morgan fingerprint density at radius 3 is 2.81 bits per heavy atom. The molecule has 0 bridgehead atoms. The first kappa shape index (κ1) is 13.1. The van der Waals surface area contributed by atoms with Crippen molar-refractivity contribution in [2.45, 2.75) is 6.54 Å². The quantitative estimate of drug-likeness (QED) is 0.747. The number of hydrogen-bond acceptors (Lipinski definition) is 4. The van der Waals surface area contributed by atoms with Crippen LogP contribution in [0.2, 0.25) is 0 Å². The second-order valence-electron chi connectivity index (χ2n) is 3.00. The Morgan fingerprint density at radius 2 is 2.12 bits per heavy atom. The molecule has 0 aliphatic carbocycles. The number of nitrogens with zero attached hydrogens (tertiary/aromatic N) is 1. The van der Waals surface area contributed by atoms with E-state index in [1.165, 1.54) is 6.20 Å². The van der Waals surface area contributed by atoms with Gasteiger partial charge in [-0.1, -0.05) is 0 Å². The summed E-state index contributed by atoms with van der Waals surface area (Å²) in [5.74, 6) is 0. The summed E-state index contributed by atoms with van der Waals surface area (Å²) < 4.78 is 11.4. The van der Waals surface area contributed by atoms with Crippen molar-refractivity contribution in [1.82, 2.24) is 9.55 Å². The Hall–Kier alpha value is -0.920. The first-order valence-corrected chi connectivity index (χ1v) is 5.51. The van der Waals surface area contributed by atoms with Gasteiger partial charge in [0.05, 0.1) is 30.8 Å². The number of nitrogens with one attached hydrogen (secondary N) is 1. The molecule has 0 aromatic carbocycles. The second-order valence-corrected chi connectivity index (χ2v) is 3.86. The van der Waals surface area contributed by atoms with Crippen molar-refractivity contribution in [1.29, 1.82) is 0 Å². The summed E-state index contributed by atoms with van der Waals surface area (Å²) >= 11 is 3.05. The van der Waals surface area contributed by atoms with Gasteiger partial charge in [0.2, 0.25) is 0 Å². The fraction of sp³-hybridized carbons (Fsp3) is 0.556. The molecule has 0 radical (unpaired) electrons. The number of hydrogen-bond donors (Lipinski definition) is 1. The van der Waals surface area contributed by atoms with E-state index in [4.69, 9.17) is 9.47 Å². The predicted octanol–water partition coefficient (Wildman–Crippen LogP) is -0.0379. The summed E-state index contributed by atoms with van der Waals surface area (Å²) in [5.41, 5.74) is -0.803. The van der Waals surface area contributed by atoms with Crippen LogP contribution in [-0.2, 0) is 16.0 Å². The second kappa shape index (κ2) is 6.62. The molecule has 7 heteroatoms. The van der Waals surface area contributed by atoms with Gasteiger partial charge in [0.25, 0.3) is 5.56 Å². The minimum absolute atomic E-state index is 0.220. The maximum Gasteiger partial charge on any atom is 0.328 e. The van der Waals surface area contributed by atoms with E-state index in [1.807, 2.05) is 0 Å². The number of rotatable bonds is 6. The number of aromatic nitrogens is 2. The van der Waals surface area contributed by atoms with Crippen molar-refractivity contribution in [3.05, 3.63) is 31.5 Å². The van der Waals surface area contributed by atoms with Crippen molar-refractivity contribution in [3.8, 4) is 0 Å². The summed E-state index contributed by atoms with van der Waals surface area (Å²) in [7, 11) is 1.58. The molecule has 1 N–H and O–H groups in total. The maximum atomic E-state index is 11.5. The summed E-state index contributed by atoms with van der Waals surface area (Å²) in [6.07, 6.45) is 1.33. The first-order chi connectivity index (χ1) is 7.66. The van der Waals surface area contributed by atoms with Crippen LogP contribution < -0.4 is 11.2 Å². The zero-order valence-electron chi connectivity index (χ0n) is 8.86. The Kier molecular flexibility index (Phi) is 5.44. The fourth-order valence-electron chi connectivity index (χ4n) is 1.09. The van der Waals surface area contributed by atoms with Gasteiger partial charge in [-0.3, -0.25) is 9.36 Å². The third kappa shape index (κ3) is 3.58. The molecule has 0 aliphatic rings. The van der Waals surface area contributed by atoms with E-state index >= 15 is 0 Å². The molecule has 0 spiro atoms. The van der Waals surface area contributed by atoms with E-state index in [-0.39, 0.29) is 12.1 Å². The summed E-state index contributed by atoms with van der Waals surface area (Å²) in [4.78, 5) is 25.3. The van der Waals surface area contributed by atoms with E-state index < -0.39 is 5.69 Å². The maximum absolute atomic E-state index is 11.5. The lowest BCUT2D eigenvalue weighted by Crippen LogP contribution is -2.36. The van der Waals surface area contributed by atoms with E-state index in [0.717, 1.165) is 4.57 Å². The molecule has 0 aliphatic heterocycles. The smallest absolute Gasteiger partial charge is 0.328 e. The number of halogens is 1. The lowest BCUT2D eigenvalue weighted by Gasteiger charge is -2.05. The number of ether oxygens (including phenoxy) is 2. The van der Waals surface area contributed by atoms with E-state index in [2.05, 4.69) is 20.9 Å². The first-order valence-electron chi connectivity index (χ1n) is 4.71. The van der Waals surface area contributed by atoms with Crippen LogP contribution in [-0.4, -0.2) is 36.5 Å². The van der Waals surface area contributed by atoms with Crippen LogP contribution in [0, 0.1) is 0 Å². The molecule has 0 atom stereocenters. The fourth-order valence-corrected chi connectivity index (χ4v) is 1.42. The predicted molar refractivity (Wildman–Crippen MR) is 61.7 cm³/mol. The Morgan fingerprint density at radius 1 is 1.38 bits per heavy atom. The van der Waals surface area contributed by atoms with Gasteiger partial charge in [0.1, 0.15) is 0 Å². The normalized spacial score (nSPS) is 10.6. The molecule has 0 fully saturated rings. The van der Waals surface area contributed by atoms with E-state index in [9.17, 15) is 9.59 Å². The number of H-pyrrole nitrogens is 1. The van der Waals surface area contributed by atoms with Crippen molar-refractivity contribution in [3.63, 3.8) is 0 Å². The standard InChI is InChI=1S/C9H13BrN2O4/c1-15-4-5-16-3-2-12-8(13)7(10)6-11-9(12)14/h6H,2-5H2,1H3,(H,11,14). The SMILES string of the molecule is COCCOCCn1c(=O)[nH]cc(Br)c1=O. The highest BCUT2D eigenvalue weighted by Gasteiger charge is 2.04. The van der Waals surface area contributed by atoms with Crippen molar-refractivity contribution in [2.75, 3.05) is 26.9 Å². The number of aromatic amines is 1. The van der Waals surface area contributed by atoms with Gasteiger partial charge in [-0.05, 0) is 15.9 Å². The topological polar surface area (TPSA) is 73.3 Å². The van der Waals surface area contributed by atoms with Gasteiger partial charge >= 0.3 is 5.69 Å². The highest BCUT2D eigenvalue weighted by molar-refractivity contribution is 9.10. The molecule has 6 nitrogen and oxygen atoms in total. The highest BCUT2D eigenvalue weighted by atomic mass is 79.9. The largest absolute Gasteiger partial charge is 0.382 e. The van der Waals surface area contributed by atoms with Crippen LogP contribution in [0.5, 0.6) is 0 Å². The molecule has 0 unspecified atom stereocenters. The molecule has 1 aromatic heterocycles. The van der Waals surface area contributed by atoms with Crippen LogP contribution in [0.1, 0.15) is 0 Å². The van der Waals surface area contributed by atoms with Crippen LogP contribution in [0.15, 0.2) is 20.3 Å². The van der Waals surface area contributed by atoms with Gasteiger partial charge in [-0.2, -0.15) is 0 Å². The molecular weight excluding hydrogens is 280 g/mol. The lowest BCUT2D eigenvalue weighted by molar-refractivity contribution is 0.0658. The summed E-state index contributed by atoms with van der Waals surface area (Å²) in [6, 6.07) is 0. The molecule has 1 heterocycles. The van der Waals surface area contributed by atoms with Crippen LogP contribution in [0.3, 0.4) is 0 Å². The molecule has 0 saturated heterocycles. The Labute approximate surface area is 100 Å². The van der Waals surface area contributed by atoms with Crippen LogP contribution in [0.4, 0.5) is 0 Å². The third-order valence-electron chi connectivity index (χ3n) is 1.91. The average molecular weight is 293 g/mol. The molecule has 1 aromatic rings. The van der Waals surface area contributed by atoms with Gasteiger partial charge in [-0.15, -0.1) is 0 Å². The minimum atomic E-state index is -0.441. The van der Waals surface area contributed by atoms with Crippen molar-refractivity contribution >= 4 is 15.9 Å². The van der Waals surface area contributed by atoms with Crippen molar-refractivity contribution in [2.24, 2.45) is 0 Å².